The molecule has 9 heteroatoms. The maximum absolute atomic E-state index is 12.8. The summed E-state index contributed by atoms with van der Waals surface area (Å²) in [5.74, 6) is -0.326. The number of hydrogen-bond acceptors (Lipinski definition) is 4. The van der Waals surface area contributed by atoms with Crippen LogP contribution in [0.5, 0.6) is 0 Å². The number of H-pyrrole nitrogens is 1. The van der Waals surface area contributed by atoms with E-state index in [0.717, 1.165) is 0 Å². The van der Waals surface area contributed by atoms with E-state index in [0.29, 0.717) is 15.8 Å². The van der Waals surface area contributed by atoms with Gasteiger partial charge in [-0.1, -0.05) is 35.9 Å². The standard InChI is InChI=1S/C20H18ClN3O4S/c21-15-5-3-6-16(13-15)29(27,28)24-10-8-23(9-11-24)20(26)18-12-14-4-1-2-7-17(14)19(25)22-18/h1-7,12-13H,8-11H2,(H,22,25). The topological polar surface area (TPSA) is 90.6 Å². The van der Waals surface area contributed by atoms with E-state index in [9.17, 15) is 18.0 Å². The van der Waals surface area contributed by atoms with Gasteiger partial charge in [-0.2, -0.15) is 4.31 Å². The lowest BCUT2D eigenvalue weighted by atomic mass is 10.1. The van der Waals surface area contributed by atoms with Crippen molar-refractivity contribution in [3.63, 3.8) is 0 Å². The highest BCUT2D eigenvalue weighted by atomic mass is 35.5. The van der Waals surface area contributed by atoms with Crippen molar-refractivity contribution in [3.8, 4) is 0 Å². The summed E-state index contributed by atoms with van der Waals surface area (Å²) in [5, 5.41) is 1.54. The van der Waals surface area contributed by atoms with Crippen LogP contribution in [0, 0.1) is 0 Å². The second kappa shape index (κ2) is 7.62. The quantitative estimate of drug-likeness (QED) is 0.689. The van der Waals surface area contributed by atoms with E-state index in [1.54, 1.807) is 47.4 Å². The van der Waals surface area contributed by atoms with Crippen molar-refractivity contribution < 1.29 is 13.2 Å². The second-order valence-electron chi connectivity index (χ2n) is 6.75. The van der Waals surface area contributed by atoms with E-state index in [4.69, 9.17) is 11.6 Å². The van der Waals surface area contributed by atoms with Crippen molar-refractivity contribution >= 4 is 38.3 Å². The number of hydrogen-bond donors (Lipinski definition) is 1. The number of rotatable bonds is 3. The Labute approximate surface area is 172 Å². The van der Waals surface area contributed by atoms with Crippen LogP contribution < -0.4 is 5.56 Å². The van der Waals surface area contributed by atoms with E-state index < -0.39 is 10.0 Å². The molecule has 0 aliphatic carbocycles. The maximum Gasteiger partial charge on any atom is 0.270 e. The molecule has 0 atom stereocenters. The predicted octanol–water partition coefficient (Wildman–Crippen LogP) is 2.33. The first kappa shape index (κ1) is 19.6. The number of aromatic amines is 1. The van der Waals surface area contributed by atoms with Crippen molar-refractivity contribution in [1.82, 2.24) is 14.2 Å². The number of aromatic nitrogens is 1. The first-order valence-electron chi connectivity index (χ1n) is 9.03. The fourth-order valence-corrected chi connectivity index (χ4v) is 5.13. The number of fused-ring (bicyclic) bond motifs is 1. The highest BCUT2D eigenvalue weighted by molar-refractivity contribution is 7.89. The summed E-state index contributed by atoms with van der Waals surface area (Å²) < 4.78 is 26.9. The lowest BCUT2D eigenvalue weighted by Crippen LogP contribution is -2.50. The minimum atomic E-state index is -3.68. The molecule has 150 valence electrons. The van der Waals surface area contributed by atoms with Crippen LogP contribution >= 0.6 is 11.6 Å². The van der Waals surface area contributed by atoms with Crippen LogP contribution in [-0.4, -0.2) is 54.7 Å². The number of carbonyl (C=O) groups is 1. The number of nitrogens with one attached hydrogen (secondary N) is 1. The van der Waals surface area contributed by atoms with Gasteiger partial charge in [-0.3, -0.25) is 9.59 Å². The molecule has 2 aromatic carbocycles. The number of pyridine rings is 1. The largest absolute Gasteiger partial charge is 0.335 e. The van der Waals surface area contributed by atoms with Gasteiger partial charge in [-0.15, -0.1) is 0 Å². The second-order valence-corrected chi connectivity index (χ2v) is 9.13. The molecule has 2 heterocycles. The molecule has 1 fully saturated rings. The molecular formula is C20H18ClN3O4S. The average Bonchev–Trinajstić information content (AvgIpc) is 2.73. The Morgan fingerprint density at radius 1 is 0.966 bits per heavy atom. The van der Waals surface area contributed by atoms with Gasteiger partial charge in [0.05, 0.1) is 4.90 Å². The molecule has 1 aliphatic heterocycles. The first-order chi connectivity index (χ1) is 13.9. The van der Waals surface area contributed by atoms with Gasteiger partial charge in [-0.05, 0) is 35.7 Å². The number of amides is 1. The third-order valence-corrected chi connectivity index (χ3v) is 7.07. The van der Waals surface area contributed by atoms with Gasteiger partial charge in [0, 0.05) is 36.6 Å². The molecular weight excluding hydrogens is 414 g/mol. The molecule has 4 rings (SSSR count). The van der Waals surface area contributed by atoms with Crippen LogP contribution in [0.15, 0.2) is 64.3 Å². The van der Waals surface area contributed by atoms with Gasteiger partial charge in [-0.25, -0.2) is 8.42 Å². The Morgan fingerprint density at radius 3 is 2.41 bits per heavy atom. The normalized spacial score (nSPS) is 15.6. The SMILES string of the molecule is O=C(c1cc2ccccc2c(=O)[nH]1)N1CCN(S(=O)(=O)c2cccc(Cl)c2)CC1. The van der Waals surface area contributed by atoms with Crippen LogP contribution in [0.3, 0.4) is 0 Å². The van der Waals surface area contributed by atoms with Crippen LogP contribution in [0.25, 0.3) is 10.8 Å². The number of nitrogens with zero attached hydrogens (tertiary/aromatic N) is 2. The maximum atomic E-state index is 12.8. The highest BCUT2D eigenvalue weighted by Crippen LogP contribution is 2.21. The number of piperazine rings is 1. The summed E-state index contributed by atoms with van der Waals surface area (Å²) >= 11 is 5.91. The van der Waals surface area contributed by atoms with Crippen LogP contribution in [0.4, 0.5) is 0 Å². The van der Waals surface area contributed by atoms with Gasteiger partial charge < -0.3 is 9.88 Å². The predicted molar refractivity (Wildman–Crippen MR) is 111 cm³/mol. The van der Waals surface area contributed by atoms with Gasteiger partial charge >= 0.3 is 0 Å². The fourth-order valence-electron chi connectivity index (χ4n) is 3.40. The van der Waals surface area contributed by atoms with Crippen molar-refractivity contribution in [2.24, 2.45) is 0 Å². The smallest absolute Gasteiger partial charge is 0.270 e. The first-order valence-corrected chi connectivity index (χ1v) is 10.8. The van der Waals surface area contributed by atoms with E-state index in [1.165, 1.54) is 16.4 Å². The molecule has 7 nitrogen and oxygen atoms in total. The van der Waals surface area contributed by atoms with Crippen LogP contribution in [0.2, 0.25) is 5.02 Å². The van der Waals surface area contributed by atoms with E-state index >= 15 is 0 Å². The molecule has 1 amide bonds. The molecule has 0 bridgehead atoms. The minimum absolute atomic E-state index is 0.128. The third-order valence-electron chi connectivity index (χ3n) is 4.94. The zero-order chi connectivity index (χ0) is 20.6. The minimum Gasteiger partial charge on any atom is -0.335 e. The molecule has 1 aliphatic rings. The Kier molecular flexibility index (Phi) is 5.16. The number of benzene rings is 2. The molecule has 0 unspecified atom stereocenters. The Balaban J connectivity index is 1.51. The van der Waals surface area contributed by atoms with Crippen molar-refractivity contribution in [1.29, 1.82) is 0 Å². The number of sulfonamides is 1. The third kappa shape index (κ3) is 3.78. The fraction of sp³-hybridized carbons (Fsp3) is 0.200. The summed E-state index contributed by atoms with van der Waals surface area (Å²) in [7, 11) is -3.68. The summed E-state index contributed by atoms with van der Waals surface area (Å²) in [5.41, 5.74) is -0.131. The van der Waals surface area contributed by atoms with Crippen LogP contribution in [0.1, 0.15) is 10.5 Å². The lowest BCUT2D eigenvalue weighted by molar-refractivity contribution is 0.0692. The summed E-state index contributed by atoms with van der Waals surface area (Å²) in [6.45, 7) is 0.789. The molecule has 1 aromatic heterocycles. The van der Waals surface area contributed by atoms with E-state index in [1.807, 2.05) is 0 Å². The summed E-state index contributed by atoms with van der Waals surface area (Å²) in [4.78, 5) is 29.4. The molecule has 1 N–H and O–H groups in total. The Hall–Kier alpha value is -2.68. The van der Waals surface area contributed by atoms with Gasteiger partial charge in [0.15, 0.2) is 0 Å². The molecule has 0 saturated carbocycles. The van der Waals surface area contributed by atoms with Crippen molar-refractivity contribution in [2.75, 3.05) is 26.2 Å². The van der Waals surface area contributed by atoms with E-state index in [-0.39, 0.29) is 48.2 Å². The van der Waals surface area contributed by atoms with Gasteiger partial charge in [0.1, 0.15) is 5.69 Å². The summed E-state index contributed by atoms with van der Waals surface area (Å²) in [6.07, 6.45) is 0. The highest BCUT2D eigenvalue weighted by Gasteiger charge is 2.30. The molecule has 0 radical (unpaired) electrons. The molecule has 29 heavy (non-hydrogen) atoms. The average molecular weight is 432 g/mol. The lowest BCUT2D eigenvalue weighted by Gasteiger charge is -2.34. The van der Waals surface area contributed by atoms with Gasteiger partial charge in [0.2, 0.25) is 10.0 Å². The van der Waals surface area contributed by atoms with Gasteiger partial charge in [0.25, 0.3) is 11.5 Å². The molecule has 1 saturated heterocycles. The Morgan fingerprint density at radius 2 is 1.69 bits per heavy atom. The van der Waals surface area contributed by atoms with Crippen LogP contribution in [-0.2, 0) is 10.0 Å². The summed E-state index contributed by atoms with van der Waals surface area (Å²) in [6, 6.07) is 14.8. The zero-order valence-corrected chi connectivity index (χ0v) is 16.9. The molecule has 0 spiro atoms. The van der Waals surface area contributed by atoms with Crippen molar-refractivity contribution in [2.45, 2.75) is 4.90 Å². The molecule has 3 aromatic rings. The monoisotopic (exact) mass is 431 g/mol. The zero-order valence-electron chi connectivity index (χ0n) is 15.3. The Bertz CT molecular complexity index is 1250. The number of halogens is 1. The van der Waals surface area contributed by atoms with E-state index in [2.05, 4.69) is 4.98 Å². The number of carbonyl (C=O) groups excluding carboxylic acids is 1. The van der Waals surface area contributed by atoms with Crippen molar-refractivity contribution in [3.05, 3.63) is 75.7 Å².